The van der Waals surface area contributed by atoms with Gasteiger partial charge in [0.15, 0.2) is 11.5 Å². The summed E-state index contributed by atoms with van der Waals surface area (Å²) < 4.78 is 10.9. The number of nitrogens with one attached hydrogen (secondary N) is 1. The Morgan fingerprint density at radius 2 is 1.69 bits per heavy atom. The van der Waals surface area contributed by atoms with Crippen LogP contribution >= 0.6 is 0 Å². The molecule has 36 heavy (non-hydrogen) atoms. The van der Waals surface area contributed by atoms with Crippen LogP contribution in [0.25, 0.3) is 11.1 Å². The van der Waals surface area contributed by atoms with Crippen LogP contribution in [-0.2, 0) is 16.6 Å². The number of rotatable bonds is 8. The molecule has 0 aromatic heterocycles. The van der Waals surface area contributed by atoms with E-state index in [0.717, 1.165) is 46.4 Å². The molecule has 0 radical (unpaired) electrons. The Hall–Kier alpha value is -3.64. The van der Waals surface area contributed by atoms with E-state index < -0.39 is 11.0 Å². The molecule has 0 saturated heterocycles. The van der Waals surface area contributed by atoms with Gasteiger partial charge in [0.25, 0.3) is 5.91 Å². The lowest BCUT2D eigenvalue weighted by atomic mass is 9.87. The Morgan fingerprint density at radius 1 is 0.972 bits per heavy atom. The second-order valence-electron chi connectivity index (χ2n) is 10.5. The van der Waals surface area contributed by atoms with E-state index in [4.69, 9.17) is 9.47 Å². The predicted molar refractivity (Wildman–Crippen MR) is 137 cm³/mol. The van der Waals surface area contributed by atoms with Crippen LogP contribution in [0.15, 0.2) is 60.7 Å². The lowest BCUT2D eigenvalue weighted by molar-refractivity contribution is -0.120. The molecule has 2 N–H and O–H groups in total. The smallest absolute Gasteiger partial charge is 0.251 e. The number of carbonyl (C=O) groups is 2. The van der Waals surface area contributed by atoms with Crippen molar-refractivity contribution >= 4 is 11.7 Å². The van der Waals surface area contributed by atoms with Gasteiger partial charge in [0.2, 0.25) is 6.79 Å². The number of hydrogen-bond acceptors (Lipinski definition) is 5. The fourth-order valence-electron chi connectivity index (χ4n) is 4.71. The molecule has 6 nitrogen and oxygen atoms in total. The van der Waals surface area contributed by atoms with Crippen molar-refractivity contribution in [2.75, 3.05) is 13.4 Å². The number of Topliss-reactive ketones (excluding diaryl/α,β-unsaturated/α-hetero) is 1. The van der Waals surface area contributed by atoms with Crippen molar-refractivity contribution in [2.24, 2.45) is 0 Å². The first kappa shape index (κ1) is 24.1. The number of aryl methyl sites for hydroxylation is 1. The summed E-state index contributed by atoms with van der Waals surface area (Å²) in [5.74, 6) is 1.43. The first-order valence-electron chi connectivity index (χ1n) is 12.3. The van der Waals surface area contributed by atoms with Crippen LogP contribution in [0.4, 0.5) is 0 Å². The average Bonchev–Trinajstić information content (AvgIpc) is 3.56. The Labute approximate surface area is 211 Å². The summed E-state index contributed by atoms with van der Waals surface area (Å²) in [6.45, 7) is 5.66. The maximum absolute atomic E-state index is 13.5. The van der Waals surface area contributed by atoms with E-state index in [1.165, 1.54) is 0 Å². The van der Waals surface area contributed by atoms with Crippen LogP contribution in [0, 0.1) is 6.92 Å². The summed E-state index contributed by atoms with van der Waals surface area (Å²) in [5, 5.41) is 12.2. The van der Waals surface area contributed by atoms with E-state index in [2.05, 4.69) is 11.4 Å². The topological polar surface area (TPSA) is 84.9 Å². The molecule has 186 valence electrons. The molecule has 2 aliphatic rings. The van der Waals surface area contributed by atoms with Gasteiger partial charge in [0.1, 0.15) is 5.78 Å². The average molecular weight is 486 g/mol. The fraction of sp³-hybridized carbons (Fsp3) is 0.333. The van der Waals surface area contributed by atoms with Gasteiger partial charge in [-0.1, -0.05) is 36.4 Å². The minimum atomic E-state index is -0.688. The second kappa shape index (κ2) is 9.10. The zero-order valence-electron chi connectivity index (χ0n) is 20.9. The van der Waals surface area contributed by atoms with Crippen molar-refractivity contribution in [1.29, 1.82) is 0 Å². The van der Waals surface area contributed by atoms with Gasteiger partial charge < -0.3 is 19.9 Å². The first-order chi connectivity index (χ1) is 17.2. The molecule has 6 heteroatoms. The maximum Gasteiger partial charge on any atom is 0.251 e. The highest BCUT2D eigenvalue weighted by molar-refractivity contribution is 5.96. The minimum absolute atomic E-state index is 0.141. The standard InChI is InChI=1S/C30H31NO5/c1-19-4-5-20(14-24(19)21-6-8-22(9-7-21)28(34)31-29(2,3)17-32)15-27(33)30(12-13-30)23-10-11-25-26(16-23)36-18-35-25/h4-11,14,16,32H,12-13,15,17-18H2,1-3H3,(H,31,34). The zero-order chi connectivity index (χ0) is 25.5. The third-order valence-electron chi connectivity index (χ3n) is 7.18. The number of ether oxygens (including phenoxy) is 2. The van der Waals surface area contributed by atoms with Crippen LogP contribution in [0.5, 0.6) is 11.5 Å². The molecule has 0 unspecified atom stereocenters. The molecular weight excluding hydrogens is 454 g/mol. The summed E-state index contributed by atoms with van der Waals surface area (Å²) >= 11 is 0. The quantitative estimate of drug-likeness (QED) is 0.482. The third kappa shape index (κ3) is 4.61. The summed E-state index contributed by atoms with van der Waals surface area (Å²) in [4.78, 5) is 26.0. The highest BCUT2D eigenvalue weighted by Crippen LogP contribution is 2.51. The summed E-state index contributed by atoms with van der Waals surface area (Å²) in [6.07, 6.45) is 2.06. The fourth-order valence-corrected chi connectivity index (χ4v) is 4.71. The number of ketones is 1. The number of fused-ring (bicyclic) bond motifs is 1. The number of carbonyl (C=O) groups excluding carboxylic acids is 2. The SMILES string of the molecule is Cc1ccc(CC(=O)C2(c3ccc4c(c3)OCO4)CC2)cc1-c1ccc(C(=O)NC(C)(C)CO)cc1. The molecule has 1 aliphatic heterocycles. The Balaban J connectivity index is 1.33. The van der Waals surface area contributed by atoms with E-state index in [9.17, 15) is 14.7 Å². The molecule has 0 bridgehead atoms. The van der Waals surface area contributed by atoms with Crippen LogP contribution in [-0.4, -0.2) is 35.7 Å². The normalized spacial score (nSPS) is 15.4. The molecule has 1 heterocycles. The van der Waals surface area contributed by atoms with Gasteiger partial charge in [-0.2, -0.15) is 0 Å². The zero-order valence-corrected chi connectivity index (χ0v) is 20.9. The van der Waals surface area contributed by atoms with Crippen molar-refractivity contribution in [1.82, 2.24) is 5.32 Å². The maximum atomic E-state index is 13.5. The van der Waals surface area contributed by atoms with Gasteiger partial charge in [0.05, 0.1) is 17.6 Å². The Bertz CT molecular complexity index is 1320. The largest absolute Gasteiger partial charge is 0.454 e. The summed E-state index contributed by atoms with van der Waals surface area (Å²) in [6, 6.07) is 19.4. The molecular formula is C30H31NO5. The van der Waals surface area contributed by atoms with Crippen LogP contribution in [0.1, 0.15) is 53.7 Å². The van der Waals surface area contributed by atoms with Gasteiger partial charge in [-0.3, -0.25) is 9.59 Å². The minimum Gasteiger partial charge on any atom is -0.454 e. The molecule has 1 aliphatic carbocycles. The number of hydrogen-bond donors (Lipinski definition) is 2. The molecule has 3 aromatic rings. The molecule has 1 saturated carbocycles. The number of aliphatic hydroxyl groups excluding tert-OH is 1. The Morgan fingerprint density at radius 3 is 2.39 bits per heavy atom. The lowest BCUT2D eigenvalue weighted by Crippen LogP contribution is -2.46. The highest BCUT2D eigenvalue weighted by Gasteiger charge is 2.50. The van der Waals surface area contributed by atoms with Crippen molar-refractivity contribution in [3.63, 3.8) is 0 Å². The molecule has 0 atom stereocenters. The monoisotopic (exact) mass is 485 g/mol. The predicted octanol–water partition coefficient (Wildman–Crippen LogP) is 4.73. The summed E-state index contributed by atoms with van der Waals surface area (Å²) in [7, 11) is 0. The number of benzene rings is 3. The Kier molecular flexibility index (Phi) is 6.08. The van der Waals surface area contributed by atoms with Crippen molar-refractivity contribution < 1.29 is 24.2 Å². The lowest BCUT2D eigenvalue weighted by Gasteiger charge is -2.23. The van der Waals surface area contributed by atoms with Gasteiger partial charge >= 0.3 is 0 Å². The van der Waals surface area contributed by atoms with Crippen molar-refractivity contribution in [3.05, 3.63) is 82.9 Å². The van der Waals surface area contributed by atoms with Crippen LogP contribution < -0.4 is 14.8 Å². The van der Waals surface area contributed by atoms with Gasteiger partial charge in [0, 0.05) is 12.0 Å². The van der Waals surface area contributed by atoms with Crippen LogP contribution in [0.3, 0.4) is 0 Å². The van der Waals surface area contributed by atoms with E-state index in [-0.39, 0.29) is 25.1 Å². The number of aliphatic hydroxyl groups is 1. The third-order valence-corrected chi connectivity index (χ3v) is 7.18. The summed E-state index contributed by atoms with van der Waals surface area (Å²) in [5.41, 5.74) is 4.50. The van der Waals surface area contributed by atoms with E-state index >= 15 is 0 Å². The van der Waals surface area contributed by atoms with Gasteiger partial charge in [-0.25, -0.2) is 0 Å². The molecule has 0 spiro atoms. The number of amides is 1. The van der Waals surface area contributed by atoms with E-state index in [1.807, 2.05) is 49.4 Å². The van der Waals surface area contributed by atoms with Crippen molar-refractivity contribution in [2.45, 2.75) is 51.0 Å². The van der Waals surface area contributed by atoms with Crippen molar-refractivity contribution in [3.8, 4) is 22.6 Å². The molecule has 3 aromatic carbocycles. The van der Waals surface area contributed by atoms with E-state index in [1.54, 1.807) is 26.0 Å². The van der Waals surface area contributed by atoms with Crippen LogP contribution in [0.2, 0.25) is 0 Å². The second-order valence-corrected chi connectivity index (χ2v) is 10.5. The van der Waals surface area contributed by atoms with Gasteiger partial charge in [-0.05, 0) is 85.7 Å². The van der Waals surface area contributed by atoms with E-state index in [0.29, 0.717) is 17.7 Å². The first-order valence-corrected chi connectivity index (χ1v) is 12.3. The molecule has 1 fully saturated rings. The molecule has 1 amide bonds. The highest BCUT2D eigenvalue weighted by atomic mass is 16.7. The molecule has 5 rings (SSSR count). The van der Waals surface area contributed by atoms with Gasteiger partial charge in [-0.15, -0.1) is 0 Å².